The lowest BCUT2D eigenvalue weighted by molar-refractivity contribution is -0.118. The van der Waals surface area contributed by atoms with Crippen LogP contribution in [0.3, 0.4) is 0 Å². The number of nitrogens with zero attached hydrogens (tertiary/aromatic N) is 1. The molecule has 1 unspecified atom stereocenters. The number of rotatable bonds is 4. The summed E-state index contributed by atoms with van der Waals surface area (Å²) in [4.78, 5) is 11.1. The molecule has 1 aromatic rings. The predicted octanol–water partition coefficient (Wildman–Crippen LogP) is 0.155. The molecule has 0 radical (unpaired) electrons. The van der Waals surface area contributed by atoms with Gasteiger partial charge in [0.05, 0.1) is 21.8 Å². The van der Waals surface area contributed by atoms with Crippen molar-refractivity contribution >= 4 is 22.4 Å². The molecular formula is C10H10FN3O2S. The molecule has 1 atom stereocenters. The van der Waals surface area contributed by atoms with Gasteiger partial charge in [-0.1, -0.05) is 0 Å². The normalized spacial score (nSPS) is 11.5. The van der Waals surface area contributed by atoms with E-state index in [2.05, 4.69) is 5.32 Å². The number of halogens is 1. The summed E-state index contributed by atoms with van der Waals surface area (Å²) in [6.07, 6.45) is 0. The number of nitrogens with one attached hydrogen (secondary N) is 1. The third-order valence-corrected chi connectivity index (χ3v) is 3.17. The summed E-state index contributed by atoms with van der Waals surface area (Å²) in [6.45, 7) is -0.166. The summed E-state index contributed by atoms with van der Waals surface area (Å²) in [7, 11) is -1.79. The van der Waals surface area contributed by atoms with Crippen LogP contribution in [0.2, 0.25) is 0 Å². The number of benzene rings is 1. The first-order chi connectivity index (χ1) is 8.04. The summed E-state index contributed by atoms with van der Waals surface area (Å²) in [5.74, 6) is -1.67. The van der Waals surface area contributed by atoms with Gasteiger partial charge in [-0.15, -0.1) is 0 Å². The molecule has 17 heavy (non-hydrogen) atoms. The van der Waals surface area contributed by atoms with Gasteiger partial charge in [0.1, 0.15) is 18.1 Å². The van der Waals surface area contributed by atoms with Gasteiger partial charge in [-0.2, -0.15) is 5.26 Å². The van der Waals surface area contributed by atoms with Crippen LogP contribution in [-0.4, -0.2) is 22.4 Å². The summed E-state index contributed by atoms with van der Waals surface area (Å²) >= 11 is 0. The number of hydrogen-bond donors (Lipinski definition) is 2. The SMILES string of the molecule is N#CCNC(=O)CS(=O)c1ccc(N)cc1F. The van der Waals surface area contributed by atoms with E-state index in [1.165, 1.54) is 12.1 Å². The Hall–Kier alpha value is -1.94. The van der Waals surface area contributed by atoms with Gasteiger partial charge in [0.25, 0.3) is 0 Å². The van der Waals surface area contributed by atoms with E-state index < -0.39 is 22.5 Å². The lowest BCUT2D eigenvalue weighted by atomic mass is 10.3. The molecule has 1 amide bonds. The molecule has 0 aliphatic rings. The van der Waals surface area contributed by atoms with Crippen molar-refractivity contribution in [3.63, 3.8) is 0 Å². The van der Waals surface area contributed by atoms with E-state index in [1.54, 1.807) is 6.07 Å². The van der Waals surface area contributed by atoms with Gasteiger partial charge in [-0.3, -0.25) is 9.00 Å². The van der Waals surface area contributed by atoms with Crippen molar-refractivity contribution < 1.29 is 13.4 Å². The standard InChI is InChI=1S/C10H10FN3O2S/c11-8-5-7(13)1-2-9(8)17(16)6-10(15)14-4-3-12/h1-2,5H,4,6,13H2,(H,14,15). The Morgan fingerprint density at radius 2 is 2.29 bits per heavy atom. The van der Waals surface area contributed by atoms with E-state index in [0.29, 0.717) is 0 Å². The van der Waals surface area contributed by atoms with Crippen molar-refractivity contribution in [1.29, 1.82) is 5.26 Å². The second-order valence-corrected chi connectivity index (χ2v) is 4.53. The fourth-order valence-electron chi connectivity index (χ4n) is 1.09. The van der Waals surface area contributed by atoms with E-state index in [0.717, 1.165) is 6.07 Å². The van der Waals surface area contributed by atoms with Gasteiger partial charge in [0, 0.05) is 5.69 Å². The zero-order valence-electron chi connectivity index (χ0n) is 8.77. The maximum Gasteiger partial charge on any atom is 0.233 e. The second-order valence-electron chi connectivity index (χ2n) is 3.11. The minimum absolute atomic E-state index is 0.0775. The molecule has 90 valence electrons. The Labute approximate surface area is 99.9 Å². The number of amides is 1. The smallest absolute Gasteiger partial charge is 0.233 e. The van der Waals surface area contributed by atoms with Gasteiger partial charge in [-0.25, -0.2) is 4.39 Å². The average molecular weight is 255 g/mol. The summed E-state index contributed by atoms with van der Waals surface area (Å²) < 4.78 is 25.0. The fraction of sp³-hybridized carbons (Fsp3) is 0.200. The van der Waals surface area contributed by atoms with Crippen molar-refractivity contribution in [2.24, 2.45) is 0 Å². The number of nitrogen functional groups attached to an aromatic ring is 1. The molecular weight excluding hydrogens is 245 g/mol. The Morgan fingerprint density at radius 1 is 1.59 bits per heavy atom. The maximum absolute atomic E-state index is 13.3. The summed E-state index contributed by atoms with van der Waals surface area (Å²) in [5.41, 5.74) is 5.56. The number of nitriles is 1. The van der Waals surface area contributed by atoms with E-state index >= 15 is 0 Å². The number of nitrogens with two attached hydrogens (primary N) is 1. The number of anilines is 1. The molecule has 1 rings (SSSR count). The Bertz CT molecular complexity index is 499. The van der Waals surface area contributed by atoms with Gasteiger partial charge < -0.3 is 11.1 Å². The van der Waals surface area contributed by atoms with Gasteiger partial charge in [-0.05, 0) is 18.2 Å². The van der Waals surface area contributed by atoms with Crippen LogP contribution in [-0.2, 0) is 15.6 Å². The van der Waals surface area contributed by atoms with E-state index in [-0.39, 0.29) is 22.9 Å². The lowest BCUT2D eigenvalue weighted by Gasteiger charge is -2.04. The average Bonchev–Trinajstić information content (AvgIpc) is 2.26. The van der Waals surface area contributed by atoms with Crippen LogP contribution in [0.5, 0.6) is 0 Å². The van der Waals surface area contributed by atoms with E-state index in [4.69, 9.17) is 11.0 Å². The highest BCUT2D eigenvalue weighted by Crippen LogP contribution is 2.15. The molecule has 0 saturated heterocycles. The van der Waals surface area contributed by atoms with E-state index in [1.807, 2.05) is 0 Å². The number of hydrogen-bond acceptors (Lipinski definition) is 4. The molecule has 0 fully saturated rings. The highest BCUT2D eigenvalue weighted by Gasteiger charge is 2.14. The molecule has 5 nitrogen and oxygen atoms in total. The summed E-state index contributed by atoms with van der Waals surface area (Å²) in [6, 6.07) is 5.43. The third-order valence-electron chi connectivity index (χ3n) is 1.83. The Morgan fingerprint density at radius 3 is 2.88 bits per heavy atom. The van der Waals surface area contributed by atoms with Crippen molar-refractivity contribution in [1.82, 2.24) is 5.32 Å². The summed E-state index contributed by atoms with van der Waals surface area (Å²) in [5, 5.41) is 10.5. The van der Waals surface area contributed by atoms with Crippen molar-refractivity contribution in [2.75, 3.05) is 18.0 Å². The molecule has 1 aromatic carbocycles. The van der Waals surface area contributed by atoms with Crippen molar-refractivity contribution in [2.45, 2.75) is 4.90 Å². The van der Waals surface area contributed by atoms with Crippen molar-refractivity contribution in [3.8, 4) is 6.07 Å². The van der Waals surface area contributed by atoms with Crippen LogP contribution >= 0.6 is 0 Å². The van der Waals surface area contributed by atoms with Crippen LogP contribution < -0.4 is 11.1 Å². The highest BCUT2D eigenvalue weighted by molar-refractivity contribution is 7.85. The Kier molecular flexibility index (Phi) is 4.60. The van der Waals surface area contributed by atoms with Crippen LogP contribution in [0.15, 0.2) is 23.1 Å². The quantitative estimate of drug-likeness (QED) is 0.591. The minimum atomic E-state index is -1.79. The number of carbonyl (C=O) groups is 1. The molecule has 0 spiro atoms. The first-order valence-electron chi connectivity index (χ1n) is 4.61. The van der Waals surface area contributed by atoms with Crippen molar-refractivity contribution in [3.05, 3.63) is 24.0 Å². The largest absolute Gasteiger partial charge is 0.399 e. The van der Waals surface area contributed by atoms with Gasteiger partial charge in [0.15, 0.2) is 0 Å². The first kappa shape index (κ1) is 13.1. The molecule has 0 aliphatic carbocycles. The molecule has 7 heteroatoms. The Balaban J connectivity index is 2.71. The molecule has 0 saturated carbocycles. The molecule has 0 heterocycles. The second kappa shape index (κ2) is 5.96. The van der Waals surface area contributed by atoms with Crippen LogP contribution in [0.25, 0.3) is 0 Å². The topological polar surface area (TPSA) is 96.0 Å². The van der Waals surface area contributed by atoms with Crippen LogP contribution in [0.1, 0.15) is 0 Å². The van der Waals surface area contributed by atoms with Gasteiger partial charge in [0.2, 0.25) is 5.91 Å². The number of carbonyl (C=O) groups excluding carboxylic acids is 1. The molecule has 0 bridgehead atoms. The lowest BCUT2D eigenvalue weighted by Crippen LogP contribution is -2.28. The third kappa shape index (κ3) is 3.85. The first-order valence-corrected chi connectivity index (χ1v) is 5.93. The maximum atomic E-state index is 13.3. The zero-order valence-corrected chi connectivity index (χ0v) is 9.59. The zero-order chi connectivity index (χ0) is 12.8. The predicted molar refractivity (Wildman–Crippen MR) is 60.7 cm³/mol. The van der Waals surface area contributed by atoms with E-state index in [9.17, 15) is 13.4 Å². The monoisotopic (exact) mass is 255 g/mol. The highest BCUT2D eigenvalue weighted by atomic mass is 32.2. The molecule has 0 aromatic heterocycles. The van der Waals surface area contributed by atoms with Crippen LogP contribution in [0, 0.1) is 17.1 Å². The minimum Gasteiger partial charge on any atom is -0.399 e. The van der Waals surface area contributed by atoms with Gasteiger partial charge >= 0.3 is 0 Å². The fourth-order valence-corrected chi connectivity index (χ4v) is 2.08. The molecule has 3 N–H and O–H groups in total. The van der Waals surface area contributed by atoms with Crippen LogP contribution in [0.4, 0.5) is 10.1 Å². The molecule has 0 aliphatic heterocycles.